The van der Waals surface area contributed by atoms with E-state index in [2.05, 4.69) is 17.2 Å². The zero-order valence-corrected chi connectivity index (χ0v) is 17.6. The van der Waals surface area contributed by atoms with Gasteiger partial charge in [0.15, 0.2) is 0 Å². The van der Waals surface area contributed by atoms with E-state index in [0.29, 0.717) is 22.3 Å². The van der Waals surface area contributed by atoms with Gasteiger partial charge in [-0.15, -0.1) is 0 Å². The van der Waals surface area contributed by atoms with Crippen LogP contribution in [0.25, 0.3) is 10.9 Å². The second kappa shape index (κ2) is 10.1. The Labute approximate surface area is 171 Å². The molecule has 0 fully saturated rings. The van der Waals surface area contributed by atoms with E-state index in [1.54, 1.807) is 25.1 Å². The first-order valence-corrected chi connectivity index (χ1v) is 10.1. The number of benzene rings is 1. The van der Waals surface area contributed by atoms with Crippen LogP contribution in [0.15, 0.2) is 18.2 Å². The van der Waals surface area contributed by atoms with E-state index in [-0.39, 0.29) is 35.7 Å². The highest BCUT2D eigenvalue weighted by atomic mass is 16.5. The lowest BCUT2D eigenvalue weighted by Gasteiger charge is -2.19. The van der Waals surface area contributed by atoms with Crippen molar-refractivity contribution in [2.24, 2.45) is 5.92 Å². The number of carboxylic acids is 1. The average molecular weight is 402 g/mol. The number of amides is 1. The molecule has 0 saturated carbocycles. The molecule has 1 aromatic heterocycles. The highest BCUT2D eigenvalue weighted by Gasteiger charge is 2.20. The molecule has 0 bridgehead atoms. The Balaban J connectivity index is 2.09. The number of nitrogens with one attached hydrogen (secondary N) is 1. The van der Waals surface area contributed by atoms with Gasteiger partial charge >= 0.3 is 5.97 Å². The topological polar surface area (TPSA) is 115 Å². The van der Waals surface area contributed by atoms with Crippen molar-refractivity contribution < 1.29 is 19.4 Å². The second-order valence-electron chi connectivity index (χ2n) is 7.56. The van der Waals surface area contributed by atoms with Gasteiger partial charge in [-0.1, -0.05) is 39.2 Å². The molecule has 7 nitrogen and oxygen atoms in total. The Bertz CT molecular complexity index is 882. The highest BCUT2D eigenvalue weighted by molar-refractivity contribution is 6.06. The third-order valence-corrected chi connectivity index (χ3v) is 4.97. The van der Waals surface area contributed by atoms with Crippen molar-refractivity contribution in [2.75, 3.05) is 12.3 Å². The Morgan fingerprint density at radius 3 is 2.66 bits per heavy atom. The maximum absolute atomic E-state index is 12.3. The molecule has 0 spiro atoms. The number of nitrogens with two attached hydrogens (primary N) is 1. The molecule has 2 unspecified atom stereocenters. The number of carbonyl (C=O) groups excluding carboxylic acids is 1. The largest absolute Gasteiger partial charge is 0.491 e. The van der Waals surface area contributed by atoms with Crippen LogP contribution in [0.1, 0.15) is 62.5 Å². The summed E-state index contributed by atoms with van der Waals surface area (Å²) in [5.74, 6) is -0.698. The SMILES string of the molecule is CCCCCC(C)C(=O)NC(C)COc1cccc2nc(C)c(C(=O)O)c(N)c12. The predicted octanol–water partition coefficient (Wildman–Crippen LogP) is 3.92. The van der Waals surface area contributed by atoms with Crippen molar-refractivity contribution in [1.82, 2.24) is 10.3 Å². The first-order valence-electron chi connectivity index (χ1n) is 10.1. The van der Waals surface area contributed by atoms with E-state index < -0.39 is 5.97 Å². The number of aromatic nitrogens is 1. The van der Waals surface area contributed by atoms with Crippen LogP contribution in [0.3, 0.4) is 0 Å². The number of nitrogen functional groups attached to an aromatic ring is 1. The first-order chi connectivity index (χ1) is 13.8. The second-order valence-corrected chi connectivity index (χ2v) is 7.56. The molecule has 158 valence electrons. The van der Waals surface area contributed by atoms with Gasteiger partial charge in [-0.05, 0) is 32.4 Å². The Morgan fingerprint density at radius 2 is 2.00 bits per heavy atom. The van der Waals surface area contributed by atoms with Gasteiger partial charge in [-0.25, -0.2) is 4.79 Å². The minimum Gasteiger partial charge on any atom is -0.491 e. The van der Waals surface area contributed by atoms with Crippen LogP contribution in [-0.2, 0) is 4.79 Å². The Hall–Kier alpha value is -2.83. The van der Waals surface area contributed by atoms with Crippen LogP contribution in [0.2, 0.25) is 0 Å². The molecule has 7 heteroatoms. The zero-order chi connectivity index (χ0) is 21.6. The van der Waals surface area contributed by atoms with Crippen LogP contribution in [0.5, 0.6) is 5.75 Å². The van der Waals surface area contributed by atoms with Crippen molar-refractivity contribution in [2.45, 2.75) is 59.4 Å². The smallest absolute Gasteiger partial charge is 0.339 e. The molecule has 2 aromatic rings. The van der Waals surface area contributed by atoms with Gasteiger partial charge in [0.05, 0.1) is 28.3 Å². The van der Waals surface area contributed by atoms with Gasteiger partial charge < -0.3 is 20.9 Å². The summed E-state index contributed by atoms with van der Waals surface area (Å²) in [6, 6.07) is 5.07. The number of nitrogens with zero attached hydrogens (tertiary/aromatic N) is 1. The molecule has 0 radical (unpaired) electrons. The van der Waals surface area contributed by atoms with Gasteiger partial charge in [0.25, 0.3) is 0 Å². The standard InChI is InChI=1S/C22H31N3O4/c1-5-6-7-9-13(2)21(26)24-14(3)12-29-17-11-8-10-16-19(17)20(23)18(22(27)28)15(4)25-16/h8,10-11,13-14H,5-7,9,12H2,1-4H3,(H2,23,25)(H,24,26)(H,27,28). The molecule has 0 saturated heterocycles. The lowest BCUT2D eigenvalue weighted by atomic mass is 10.0. The fraction of sp³-hybridized carbons (Fsp3) is 0.500. The third-order valence-electron chi connectivity index (χ3n) is 4.97. The summed E-state index contributed by atoms with van der Waals surface area (Å²) in [5.41, 5.74) is 7.19. The van der Waals surface area contributed by atoms with Gasteiger partial charge in [0.2, 0.25) is 5.91 Å². The molecule has 0 aliphatic rings. The Morgan fingerprint density at radius 1 is 1.28 bits per heavy atom. The quantitative estimate of drug-likeness (QED) is 0.520. The summed E-state index contributed by atoms with van der Waals surface area (Å²) in [7, 11) is 0. The van der Waals surface area contributed by atoms with Crippen molar-refractivity contribution in [1.29, 1.82) is 0 Å². The lowest BCUT2D eigenvalue weighted by molar-refractivity contribution is -0.125. The summed E-state index contributed by atoms with van der Waals surface area (Å²) in [6.45, 7) is 7.80. The van der Waals surface area contributed by atoms with Gasteiger partial charge in [0, 0.05) is 5.92 Å². The minimum atomic E-state index is -1.12. The number of anilines is 1. The molecular weight excluding hydrogens is 370 g/mol. The number of aryl methyl sites for hydroxylation is 1. The average Bonchev–Trinajstić information content (AvgIpc) is 2.65. The summed E-state index contributed by atoms with van der Waals surface area (Å²) in [5, 5.41) is 12.9. The van der Waals surface area contributed by atoms with E-state index >= 15 is 0 Å². The normalized spacial score (nSPS) is 13.1. The zero-order valence-electron chi connectivity index (χ0n) is 17.6. The summed E-state index contributed by atoms with van der Waals surface area (Å²) >= 11 is 0. The number of rotatable bonds is 10. The lowest BCUT2D eigenvalue weighted by Crippen LogP contribution is -2.39. The van der Waals surface area contributed by atoms with Crippen molar-refractivity contribution in [3.05, 3.63) is 29.5 Å². The van der Waals surface area contributed by atoms with Crippen LogP contribution < -0.4 is 15.8 Å². The number of unbranched alkanes of at least 4 members (excludes halogenated alkanes) is 2. The molecule has 4 N–H and O–H groups in total. The summed E-state index contributed by atoms with van der Waals surface area (Å²) in [4.78, 5) is 28.2. The van der Waals surface area contributed by atoms with Crippen LogP contribution >= 0.6 is 0 Å². The van der Waals surface area contributed by atoms with Crippen LogP contribution in [-0.4, -0.2) is 34.6 Å². The first kappa shape index (κ1) is 22.5. The number of aromatic carboxylic acids is 1. The summed E-state index contributed by atoms with van der Waals surface area (Å²) < 4.78 is 5.89. The van der Waals surface area contributed by atoms with E-state index in [1.807, 2.05) is 13.8 Å². The molecule has 0 aliphatic heterocycles. The molecule has 1 amide bonds. The van der Waals surface area contributed by atoms with Gasteiger partial charge in [-0.2, -0.15) is 0 Å². The molecule has 0 aliphatic carbocycles. The van der Waals surface area contributed by atoms with Crippen molar-refractivity contribution in [3.8, 4) is 5.75 Å². The highest BCUT2D eigenvalue weighted by Crippen LogP contribution is 2.33. The molecule has 1 aromatic carbocycles. The van der Waals surface area contributed by atoms with Crippen molar-refractivity contribution >= 4 is 28.5 Å². The van der Waals surface area contributed by atoms with E-state index in [4.69, 9.17) is 10.5 Å². The molecule has 2 atom stereocenters. The molecule has 29 heavy (non-hydrogen) atoms. The monoisotopic (exact) mass is 401 g/mol. The number of carboxylic acid groups (broad SMARTS) is 1. The number of pyridine rings is 1. The molecule has 1 heterocycles. The summed E-state index contributed by atoms with van der Waals surface area (Å²) in [6.07, 6.45) is 4.18. The third kappa shape index (κ3) is 5.59. The fourth-order valence-corrected chi connectivity index (χ4v) is 3.30. The molecular formula is C22H31N3O4. The number of carbonyl (C=O) groups is 2. The maximum atomic E-state index is 12.3. The van der Waals surface area contributed by atoms with Crippen LogP contribution in [0.4, 0.5) is 5.69 Å². The van der Waals surface area contributed by atoms with E-state index in [0.717, 1.165) is 25.7 Å². The number of hydrogen-bond acceptors (Lipinski definition) is 5. The number of ether oxygens (including phenoxy) is 1. The minimum absolute atomic E-state index is 0.0140. The van der Waals surface area contributed by atoms with Crippen molar-refractivity contribution in [3.63, 3.8) is 0 Å². The van der Waals surface area contributed by atoms with Crippen LogP contribution in [0, 0.1) is 12.8 Å². The van der Waals surface area contributed by atoms with Gasteiger partial charge in [-0.3, -0.25) is 9.78 Å². The Kier molecular flexibility index (Phi) is 7.82. The van der Waals surface area contributed by atoms with E-state index in [9.17, 15) is 14.7 Å². The van der Waals surface area contributed by atoms with Gasteiger partial charge in [0.1, 0.15) is 17.9 Å². The number of fused-ring (bicyclic) bond motifs is 1. The maximum Gasteiger partial charge on any atom is 0.339 e. The molecule has 2 rings (SSSR count). The van der Waals surface area contributed by atoms with E-state index in [1.165, 1.54) is 0 Å². The predicted molar refractivity (Wildman–Crippen MR) is 114 cm³/mol. The number of hydrogen-bond donors (Lipinski definition) is 3. The fourth-order valence-electron chi connectivity index (χ4n) is 3.30.